The number of nitro benzene ring substituents is 1. The van der Waals surface area contributed by atoms with Crippen molar-refractivity contribution in [2.45, 2.75) is 12.5 Å². The second kappa shape index (κ2) is 5.11. The van der Waals surface area contributed by atoms with Crippen molar-refractivity contribution in [2.24, 2.45) is 0 Å². The van der Waals surface area contributed by atoms with Gasteiger partial charge in [0.2, 0.25) is 0 Å². The van der Waals surface area contributed by atoms with Crippen LogP contribution < -0.4 is 9.47 Å². The first-order valence-corrected chi connectivity index (χ1v) is 5.45. The van der Waals surface area contributed by atoms with E-state index >= 15 is 0 Å². The van der Waals surface area contributed by atoms with Crippen LogP contribution in [0, 0.1) is 10.1 Å². The molecule has 1 aromatic carbocycles. The van der Waals surface area contributed by atoms with E-state index in [1.165, 1.54) is 12.1 Å². The summed E-state index contributed by atoms with van der Waals surface area (Å²) in [6.45, 7) is -0.220. The van der Waals surface area contributed by atoms with E-state index in [0.717, 1.165) is 0 Å². The predicted octanol–water partition coefficient (Wildman–Crippen LogP) is 0.354. The minimum absolute atomic E-state index is 0.0156. The van der Waals surface area contributed by atoms with Gasteiger partial charge in [-0.1, -0.05) is 0 Å². The number of benzene rings is 1. The molecule has 1 aliphatic rings. The summed E-state index contributed by atoms with van der Waals surface area (Å²) in [5.74, 6) is -0.959. The van der Waals surface area contributed by atoms with E-state index in [4.69, 9.17) is 19.7 Å². The molecule has 0 saturated carbocycles. The highest BCUT2D eigenvalue weighted by Crippen LogP contribution is 2.40. The number of fused-ring (bicyclic) bond motifs is 1. The molecule has 0 saturated heterocycles. The molecule has 8 heteroatoms. The number of aliphatic hydroxyl groups is 1. The van der Waals surface area contributed by atoms with Crippen molar-refractivity contribution >= 4 is 11.7 Å². The van der Waals surface area contributed by atoms with Gasteiger partial charge in [-0.2, -0.15) is 0 Å². The van der Waals surface area contributed by atoms with E-state index in [9.17, 15) is 14.9 Å². The van der Waals surface area contributed by atoms with Crippen molar-refractivity contribution in [3.63, 3.8) is 0 Å². The summed E-state index contributed by atoms with van der Waals surface area (Å²) in [5.41, 5.74) is -0.406. The first kappa shape index (κ1) is 13.1. The fourth-order valence-electron chi connectivity index (χ4n) is 1.81. The van der Waals surface area contributed by atoms with Crippen molar-refractivity contribution in [1.29, 1.82) is 0 Å². The maximum atomic E-state index is 10.9. The molecule has 102 valence electrons. The number of carbonyl (C=O) groups is 1. The topological polar surface area (TPSA) is 119 Å². The molecule has 2 rings (SSSR count). The minimum Gasteiger partial charge on any atom is -0.486 e. The van der Waals surface area contributed by atoms with Crippen LogP contribution in [-0.2, 0) is 11.2 Å². The Morgan fingerprint density at radius 1 is 1.53 bits per heavy atom. The van der Waals surface area contributed by atoms with Crippen LogP contribution in [0.25, 0.3) is 0 Å². The third kappa shape index (κ3) is 2.58. The van der Waals surface area contributed by atoms with Crippen LogP contribution in [0.2, 0.25) is 0 Å². The number of hydrogen-bond donors (Lipinski definition) is 2. The molecule has 1 heterocycles. The van der Waals surface area contributed by atoms with Crippen molar-refractivity contribution in [2.75, 3.05) is 13.2 Å². The first-order valence-electron chi connectivity index (χ1n) is 5.45. The van der Waals surface area contributed by atoms with Gasteiger partial charge in [0.25, 0.3) is 5.69 Å². The standard InChI is InChI=1S/C11H11NO7/c13-4-6-5-18-9-2-1-8(12(16)17)7(3-10(14)15)11(9)19-6/h1-2,6,13H,3-5H2,(H,14,15). The highest BCUT2D eigenvalue weighted by atomic mass is 16.6. The second-order valence-corrected chi connectivity index (χ2v) is 3.95. The molecule has 1 aliphatic heterocycles. The monoisotopic (exact) mass is 269 g/mol. The zero-order valence-corrected chi connectivity index (χ0v) is 9.74. The molecule has 1 unspecified atom stereocenters. The lowest BCUT2D eigenvalue weighted by atomic mass is 10.1. The van der Waals surface area contributed by atoms with Crippen LogP contribution in [0.4, 0.5) is 5.69 Å². The largest absolute Gasteiger partial charge is 0.486 e. The molecule has 19 heavy (non-hydrogen) atoms. The van der Waals surface area contributed by atoms with E-state index in [-0.39, 0.29) is 36.0 Å². The number of nitrogens with zero attached hydrogens (tertiary/aromatic N) is 1. The van der Waals surface area contributed by atoms with Crippen LogP contribution in [-0.4, -0.2) is 40.4 Å². The zero-order chi connectivity index (χ0) is 14.0. The molecule has 2 N–H and O–H groups in total. The van der Waals surface area contributed by atoms with Crippen LogP contribution in [0.1, 0.15) is 5.56 Å². The van der Waals surface area contributed by atoms with Gasteiger partial charge in [0.15, 0.2) is 17.6 Å². The molecule has 0 radical (unpaired) electrons. The fourth-order valence-corrected chi connectivity index (χ4v) is 1.81. The van der Waals surface area contributed by atoms with Crippen molar-refractivity contribution < 1.29 is 29.4 Å². The van der Waals surface area contributed by atoms with Gasteiger partial charge < -0.3 is 19.7 Å². The Kier molecular flexibility index (Phi) is 3.52. The molecule has 0 amide bonds. The summed E-state index contributed by atoms with van der Waals surface area (Å²) < 4.78 is 10.6. The number of aliphatic hydroxyl groups excluding tert-OH is 1. The van der Waals surface area contributed by atoms with Crippen LogP contribution in [0.15, 0.2) is 12.1 Å². The van der Waals surface area contributed by atoms with Crippen molar-refractivity contribution in [1.82, 2.24) is 0 Å². The third-order valence-corrected chi connectivity index (χ3v) is 2.64. The fraction of sp³-hybridized carbons (Fsp3) is 0.364. The average Bonchev–Trinajstić information content (AvgIpc) is 2.37. The van der Waals surface area contributed by atoms with E-state index in [0.29, 0.717) is 0 Å². The molecule has 1 atom stereocenters. The van der Waals surface area contributed by atoms with E-state index in [1.807, 2.05) is 0 Å². The molecule has 1 aromatic rings. The maximum absolute atomic E-state index is 10.9. The average molecular weight is 269 g/mol. The summed E-state index contributed by atoms with van der Waals surface area (Å²) in [6, 6.07) is 2.53. The van der Waals surface area contributed by atoms with Crippen molar-refractivity contribution in [3.05, 3.63) is 27.8 Å². The number of hydrogen-bond acceptors (Lipinski definition) is 6. The van der Waals surface area contributed by atoms with Gasteiger partial charge in [-0.15, -0.1) is 0 Å². The van der Waals surface area contributed by atoms with Crippen LogP contribution in [0.3, 0.4) is 0 Å². The molecule has 0 aliphatic carbocycles. The van der Waals surface area contributed by atoms with Gasteiger partial charge in [-0.25, -0.2) is 0 Å². The number of ether oxygens (including phenoxy) is 2. The third-order valence-electron chi connectivity index (χ3n) is 2.64. The smallest absolute Gasteiger partial charge is 0.308 e. The molecular weight excluding hydrogens is 258 g/mol. The number of nitro groups is 1. The zero-order valence-electron chi connectivity index (χ0n) is 9.74. The number of aliphatic carboxylic acids is 1. The minimum atomic E-state index is -1.22. The number of rotatable bonds is 4. The molecule has 0 spiro atoms. The quantitative estimate of drug-likeness (QED) is 0.598. The normalized spacial score (nSPS) is 17.0. The number of carboxylic acids is 1. The Balaban J connectivity index is 2.51. The highest BCUT2D eigenvalue weighted by molar-refractivity contribution is 5.75. The Morgan fingerprint density at radius 2 is 2.26 bits per heavy atom. The van der Waals surface area contributed by atoms with Gasteiger partial charge in [0.1, 0.15) is 6.61 Å². The highest BCUT2D eigenvalue weighted by Gasteiger charge is 2.29. The van der Waals surface area contributed by atoms with E-state index < -0.39 is 23.4 Å². The van der Waals surface area contributed by atoms with Crippen LogP contribution >= 0.6 is 0 Å². The predicted molar refractivity (Wildman–Crippen MR) is 61.4 cm³/mol. The summed E-state index contributed by atoms with van der Waals surface area (Å²) in [5, 5.41) is 28.7. The summed E-state index contributed by atoms with van der Waals surface area (Å²) >= 11 is 0. The lowest BCUT2D eigenvalue weighted by molar-refractivity contribution is -0.385. The van der Waals surface area contributed by atoms with Gasteiger partial charge in [-0.3, -0.25) is 14.9 Å². The maximum Gasteiger partial charge on any atom is 0.308 e. The lowest BCUT2D eigenvalue weighted by Crippen LogP contribution is -2.33. The van der Waals surface area contributed by atoms with Gasteiger partial charge >= 0.3 is 5.97 Å². The first-order chi connectivity index (χ1) is 9.02. The lowest BCUT2D eigenvalue weighted by Gasteiger charge is -2.26. The molecule has 0 aromatic heterocycles. The SMILES string of the molecule is O=C(O)Cc1c([N+](=O)[O-])ccc2c1OC(CO)CO2. The molecular formula is C11H11NO7. The van der Waals surface area contributed by atoms with Gasteiger partial charge in [0, 0.05) is 6.07 Å². The van der Waals surface area contributed by atoms with Crippen molar-refractivity contribution in [3.8, 4) is 11.5 Å². The second-order valence-electron chi connectivity index (χ2n) is 3.95. The molecule has 0 bridgehead atoms. The Labute approximate surface area is 107 Å². The van der Waals surface area contributed by atoms with Gasteiger partial charge in [0.05, 0.1) is 23.5 Å². The Morgan fingerprint density at radius 3 is 2.84 bits per heavy atom. The summed E-state index contributed by atoms with van der Waals surface area (Å²) in [7, 11) is 0. The summed E-state index contributed by atoms with van der Waals surface area (Å²) in [4.78, 5) is 21.0. The van der Waals surface area contributed by atoms with Gasteiger partial charge in [-0.05, 0) is 6.07 Å². The Bertz CT molecular complexity index is 528. The Hall–Kier alpha value is -2.35. The van der Waals surface area contributed by atoms with E-state index in [1.54, 1.807) is 0 Å². The van der Waals surface area contributed by atoms with Crippen LogP contribution in [0.5, 0.6) is 11.5 Å². The number of carboxylic acid groups (broad SMARTS) is 1. The molecule has 8 nitrogen and oxygen atoms in total. The van der Waals surface area contributed by atoms with E-state index in [2.05, 4.69) is 0 Å². The molecule has 0 fully saturated rings. The summed E-state index contributed by atoms with van der Waals surface area (Å²) in [6.07, 6.45) is -1.22.